The van der Waals surface area contributed by atoms with E-state index in [9.17, 15) is 4.79 Å². The third-order valence-electron chi connectivity index (χ3n) is 7.58. The molecule has 0 aliphatic carbocycles. The second-order valence-electron chi connectivity index (χ2n) is 9.77. The van der Waals surface area contributed by atoms with Crippen molar-refractivity contribution in [3.8, 4) is 34.1 Å². The predicted molar refractivity (Wildman–Crippen MR) is 139 cm³/mol. The molecule has 3 aliphatic rings. The van der Waals surface area contributed by atoms with Crippen LogP contribution in [0.4, 0.5) is 5.69 Å². The smallest absolute Gasteiger partial charge is 0.340 e. The summed E-state index contributed by atoms with van der Waals surface area (Å²) in [6, 6.07) is 13.7. The third-order valence-corrected chi connectivity index (χ3v) is 7.58. The molecule has 0 bridgehead atoms. The molecule has 3 aromatic rings. The summed E-state index contributed by atoms with van der Waals surface area (Å²) in [7, 11) is 9.30. The van der Waals surface area contributed by atoms with Gasteiger partial charge in [0, 0.05) is 43.0 Å². The van der Waals surface area contributed by atoms with Crippen molar-refractivity contribution in [2.45, 2.75) is 18.6 Å². The van der Waals surface area contributed by atoms with Crippen LogP contribution >= 0.6 is 0 Å². The Morgan fingerprint density at radius 1 is 1.00 bits per heavy atom. The number of hydrogen-bond donors (Lipinski definition) is 0. The molecule has 0 spiro atoms. The topological polar surface area (TPSA) is 69.7 Å². The van der Waals surface area contributed by atoms with E-state index < -0.39 is 6.10 Å². The lowest BCUT2D eigenvalue weighted by Crippen LogP contribution is -2.36. The number of hydrogen-bond acceptors (Lipinski definition) is 8. The van der Waals surface area contributed by atoms with E-state index >= 15 is 0 Å². The molecule has 3 heterocycles. The van der Waals surface area contributed by atoms with Gasteiger partial charge in [0.25, 0.3) is 0 Å². The van der Waals surface area contributed by atoms with Gasteiger partial charge in [-0.25, -0.2) is 4.79 Å². The van der Waals surface area contributed by atoms with Crippen LogP contribution in [0.5, 0.6) is 23.0 Å². The SMILES string of the molecule is COc1ccc2c(c1-c1ccc(N(C)C)cc1)C(=O)O[C@@H]2[C@H]1c2c(cc3c(c2OC)OCO3)CCN1C. The molecular formula is C29H30N2O6. The average molecular weight is 503 g/mol. The van der Waals surface area contributed by atoms with Crippen LogP contribution in [0.1, 0.15) is 39.2 Å². The van der Waals surface area contributed by atoms with Gasteiger partial charge in [0.15, 0.2) is 11.5 Å². The van der Waals surface area contributed by atoms with E-state index in [1.165, 1.54) is 0 Å². The maximum Gasteiger partial charge on any atom is 0.340 e. The lowest BCUT2D eigenvalue weighted by Gasteiger charge is -2.38. The molecule has 3 aliphatic heterocycles. The Morgan fingerprint density at radius 2 is 1.78 bits per heavy atom. The van der Waals surface area contributed by atoms with Crippen molar-refractivity contribution < 1.29 is 28.5 Å². The lowest BCUT2D eigenvalue weighted by atomic mass is 9.84. The van der Waals surface area contributed by atoms with Crippen molar-refractivity contribution in [1.82, 2.24) is 4.90 Å². The number of nitrogens with zero attached hydrogens (tertiary/aromatic N) is 2. The van der Waals surface area contributed by atoms with Crippen LogP contribution in [0, 0.1) is 0 Å². The van der Waals surface area contributed by atoms with Crippen LogP contribution in [0.2, 0.25) is 0 Å². The van der Waals surface area contributed by atoms with Crippen molar-refractivity contribution in [3.63, 3.8) is 0 Å². The summed E-state index contributed by atoms with van der Waals surface area (Å²) in [5.41, 5.74) is 6.18. The first-order chi connectivity index (χ1) is 17.9. The van der Waals surface area contributed by atoms with Crippen molar-refractivity contribution in [3.05, 3.63) is 64.7 Å². The zero-order valence-corrected chi connectivity index (χ0v) is 21.7. The minimum absolute atomic E-state index is 0.159. The Balaban J connectivity index is 1.51. The highest BCUT2D eigenvalue weighted by Crippen LogP contribution is 2.55. The van der Waals surface area contributed by atoms with E-state index in [1.807, 2.05) is 68.5 Å². The molecule has 0 amide bonds. The maximum absolute atomic E-state index is 13.5. The fraction of sp³-hybridized carbons (Fsp3) is 0.345. The second kappa shape index (κ2) is 8.88. The molecule has 0 fully saturated rings. The minimum Gasteiger partial charge on any atom is -0.496 e. The summed E-state index contributed by atoms with van der Waals surface area (Å²) >= 11 is 0. The number of benzene rings is 3. The number of methoxy groups -OCH3 is 2. The zero-order valence-electron chi connectivity index (χ0n) is 21.7. The van der Waals surface area contributed by atoms with Crippen LogP contribution < -0.4 is 23.8 Å². The van der Waals surface area contributed by atoms with Crippen LogP contribution in [-0.4, -0.2) is 59.6 Å². The Labute approximate surface area is 216 Å². The lowest BCUT2D eigenvalue weighted by molar-refractivity contribution is 0.00884. The van der Waals surface area contributed by atoms with E-state index in [-0.39, 0.29) is 18.8 Å². The van der Waals surface area contributed by atoms with Gasteiger partial charge in [-0.15, -0.1) is 0 Å². The average Bonchev–Trinajstić information content (AvgIpc) is 3.51. The minimum atomic E-state index is -0.522. The fourth-order valence-electron chi connectivity index (χ4n) is 5.76. The highest BCUT2D eigenvalue weighted by molar-refractivity contribution is 6.03. The van der Waals surface area contributed by atoms with Crippen LogP contribution in [-0.2, 0) is 11.2 Å². The molecule has 0 saturated carbocycles. The maximum atomic E-state index is 13.5. The van der Waals surface area contributed by atoms with Gasteiger partial charge in [-0.1, -0.05) is 18.2 Å². The van der Waals surface area contributed by atoms with E-state index in [0.717, 1.165) is 46.5 Å². The number of likely N-dealkylation sites (N-methyl/N-ethyl adjacent to an activating group) is 1. The number of fused-ring (bicyclic) bond motifs is 3. The molecule has 2 atom stereocenters. The van der Waals surface area contributed by atoms with E-state index in [4.69, 9.17) is 23.7 Å². The zero-order chi connectivity index (χ0) is 25.8. The van der Waals surface area contributed by atoms with Crippen molar-refractivity contribution in [2.24, 2.45) is 0 Å². The molecule has 8 nitrogen and oxygen atoms in total. The summed E-state index contributed by atoms with van der Waals surface area (Å²) in [6.45, 7) is 0.963. The van der Waals surface area contributed by atoms with Gasteiger partial charge in [-0.05, 0) is 48.9 Å². The number of rotatable bonds is 5. The molecule has 37 heavy (non-hydrogen) atoms. The number of ether oxygens (including phenoxy) is 5. The summed E-state index contributed by atoms with van der Waals surface area (Å²) in [5, 5.41) is 0. The Morgan fingerprint density at radius 3 is 2.49 bits per heavy atom. The van der Waals surface area contributed by atoms with E-state index in [2.05, 4.69) is 4.90 Å². The van der Waals surface area contributed by atoms with Crippen LogP contribution in [0.3, 0.4) is 0 Å². The molecule has 0 aromatic heterocycles. The Kier molecular flexibility index (Phi) is 5.64. The van der Waals surface area contributed by atoms with Crippen molar-refractivity contribution >= 4 is 11.7 Å². The first-order valence-corrected chi connectivity index (χ1v) is 12.3. The second-order valence-corrected chi connectivity index (χ2v) is 9.77. The number of anilines is 1. The van der Waals surface area contributed by atoms with Crippen molar-refractivity contribution in [2.75, 3.05) is 53.6 Å². The molecule has 0 saturated heterocycles. The first kappa shape index (κ1) is 23.5. The first-order valence-electron chi connectivity index (χ1n) is 12.3. The summed E-state index contributed by atoms with van der Waals surface area (Å²) in [6.07, 6.45) is 0.307. The number of carbonyl (C=O) groups excluding carboxylic acids is 1. The van der Waals surface area contributed by atoms with Crippen LogP contribution in [0.15, 0.2) is 42.5 Å². The van der Waals surface area contributed by atoms with Gasteiger partial charge in [-0.2, -0.15) is 0 Å². The number of esters is 1. The molecule has 6 rings (SSSR count). The molecule has 0 unspecified atom stereocenters. The monoisotopic (exact) mass is 502 g/mol. The number of cyclic esters (lactones) is 1. The predicted octanol–water partition coefficient (Wildman–Crippen LogP) is 4.61. The highest BCUT2D eigenvalue weighted by atomic mass is 16.7. The molecule has 0 radical (unpaired) electrons. The van der Waals surface area contributed by atoms with Crippen molar-refractivity contribution in [1.29, 1.82) is 0 Å². The Hall–Kier alpha value is -3.91. The quantitative estimate of drug-likeness (QED) is 0.469. The van der Waals surface area contributed by atoms with Crippen LogP contribution in [0.25, 0.3) is 11.1 Å². The Bertz CT molecular complexity index is 1380. The standard InChI is InChI=1S/C29H30N2O6/c1-30(2)18-8-6-16(7-9-18)22-20(33-4)11-10-19-24(22)29(32)37-26(19)25-23-17(12-13-31(25)3)14-21-27(28(23)34-5)36-15-35-21/h6-11,14,25-26H,12-13,15H2,1-5H3/t25-,26+/m1/s1. The number of carbonyl (C=O) groups is 1. The van der Waals surface area contributed by atoms with Gasteiger partial charge in [0.1, 0.15) is 11.9 Å². The summed E-state index contributed by atoms with van der Waals surface area (Å²) < 4.78 is 29.2. The molecule has 3 aromatic carbocycles. The normalized spacial score (nSPS) is 19.8. The molecular weight excluding hydrogens is 472 g/mol. The highest BCUT2D eigenvalue weighted by Gasteiger charge is 2.46. The van der Waals surface area contributed by atoms with Gasteiger partial charge < -0.3 is 28.6 Å². The fourth-order valence-corrected chi connectivity index (χ4v) is 5.76. The van der Waals surface area contributed by atoms with Gasteiger partial charge in [-0.3, -0.25) is 4.90 Å². The third kappa shape index (κ3) is 3.58. The summed E-state index contributed by atoms with van der Waals surface area (Å²) in [4.78, 5) is 17.8. The largest absolute Gasteiger partial charge is 0.496 e. The van der Waals surface area contributed by atoms with Gasteiger partial charge >= 0.3 is 5.97 Å². The van der Waals surface area contributed by atoms with E-state index in [0.29, 0.717) is 28.6 Å². The van der Waals surface area contributed by atoms with E-state index in [1.54, 1.807) is 14.2 Å². The molecule has 8 heteroatoms. The molecule has 192 valence electrons. The van der Waals surface area contributed by atoms with Gasteiger partial charge in [0.2, 0.25) is 12.5 Å². The van der Waals surface area contributed by atoms with Gasteiger partial charge in [0.05, 0.1) is 25.8 Å². The summed E-state index contributed by atoms with van der Waals surface area (Å²) in [5.74, 6) is 2.20. The molecule has 0 N–H and O–H groups in total.